The number of para-hydroxylation sites is 1. The second kappa shape index (κ2) is 4.63. The standard InChI is InChI=1S/C15H14N2O/c16-13(9-11-5-7-17-8-6-11)15-10-12-3-1-2-4-14(12)18-15/h1-8,10,13H,9,16H2. The van der Waals surface area contributed by atoms with Crippen LogP contribution < -0.4 is 5.73 Å². The first-order valence-electron chi connectivity index (χ1n) is 5.96. The van der Waals surface area contributed by atoms with Gasteiger partial charge in [0.05, 0.1) is 6.04 Å². The summed E-state index contributed by atoms with van der Waals surface area (Å²) in [6.45, 7) is 0. The Labute approximate surface area is 105 Å². The summed E-state index contributed by atoms with van der Waals surface area (Å²) in [6, 6.07) is 13.8. The van der Waals surface area contributed by atoms with Gasteiger partial charge in [-0.15, -0.1) is 0 Å². The molecule has 3 nitrogen and oxygen atoms in total. The predicted molar refractivity (Wildman–Crippen MR) is 71.1 cm³/mol. The van der Waals surface area contributed by atoms with Crippen molar-refractivity contribution in [3.05, 3.63) is 66.2 Å². The fourth-order valence-electron chi connectivity index (χ4n) is 2.06. The highest BCUT2D eigenvalue weighted by Crippen LogP contribution is 2.24. The highest BCUT2D eigenvalue weighted by Gasteiger charge is 2.12. The molecule has 0 saturated heterocycles. The van der Waals surface area contributed by atoms with E-state index >= 15 is 0 Å². The monoisotopic (exact) mass is 238 g/mol. The third-order valence-corrected chi connectivity index (χ3v) is 3.02. The first kappa shape index (κ1) is 11.0. The topological polar surface area (TPSA) is 52.0 Å². The van der Waals surface area contributed by atoms with Crippen molar-refractivity contribution < 1.29 is 4.42 Å². The van der Waals surface area contributed by atoms with Gasteiger partial charge < -0.3 is 10.2 Å². The van der Waals surface area contributed by atoms with Gasteiger partial charge in [-0.05, 0) is 36.2 Å². The molecule has 1 aromatic carbocycles. The van der Waals surface area contributed by atoms with Crippen LogP contribution in [0.2, 0.25) is 0 Å². The van der Waals surface area contributed by atoms with Crippen molar-refractivity contribution in [3.8, 4) is 0 Å². The van der Waals surface area contributed by atoms with Crippen LogP contribution in [0.1, 0.15) is 17.4 Å². The fraction of sp³-hybridized carbons (Fsp3) is 0.133. The number of fused-ring (bicyclic) bond motifs is 1. The largest absolute Gasteiger partial charge is 0.459 e. The van der Waals surface area contributed by atoms with Crippen molar-refractivity contribution in [2.75, 3.05) is 0 Å². The summed E-state index contributed by atoms with van der Waals surface area (Å²) in [6.07, 6.45) is 4.31. The molecule has 90 valence electrons. The molecule has 3 heteroatoms. The molecule has 18 heavy (non-hydrogen) atoms. The first-order valence-corrected chi connectivity index (χ1v) is 5.96. The third-order valence-electron chi connectivity index (χ3n) is 3.02. The molecule has 0 aliphatic rings. The van der Waals surface area contributed by atoms with Crippen LogP contribution in [0.4, 0.5) is 0 Å². The summed E-state index contributed by atoms with van der Waals surface area (Å²) in [7, 11) is 0. The number of furan rings is 1. The van der Waals surface area contributed by atoms with E-state index in [9.17, 15) is 0 Å². The van der Waals surface area contributed by atoms with Gasteiger partial charge in [0.2, 0.25) is 0 Å². The smallest absolute Gasteiger partial charge is 0.134 e. The Hall–Kier alpha value is -2.13. The van der Waals surface area contributed by atoms with Crippen molar-refractivity contribution >= 4 is 11.0 Å². The van der Waals surface area contributed by atoms with E-state index in [-0.39, 0.29) is 6.04 Å². The fourth-order valence-corrected chi connectivity index (χ4v) is 2.06. The second-order valence-electron chi connectivity index (χ2n) is 4.35. The van der Waals surface area contributed by atoms with Gasteiger partial charge in [0.15, 0.2) is 0 Å². The van der Waals surface area contributed by atoms with E-state index in [0.29, 0.717) is 0 Å². The van der Waals surface area contributed by atoms with Crippen molar-refractivity contribution in [1.82, 2.24) is 4.98 Å². The lowest BCUT2D eigenvalue weighted by Crippen LogP contribution is -2.12. The molecule has 2 N–H and O–H groups in total. The Kier molecular flexibility index (Phi) is 2.82. The Balaban J connectivity index is 1.86. The first-order chi connectivity index (χ1) is 8.83. The van der Waals surface area contributed by atoms with Gasteiger partial charge in [0.25, 0.3) is 0 Å². The van der Waals surface area contributed by atoms with E-state index in [2.05, 4.69) is 4.98 Å². The van der Waals surface area contributed by atoms with Crippen LogP contribution in [0.25, 0.3) is 11.0 Å². The van der Waals surface area contributed by atoms with E-state index in [4.69, 9.17) is 10.2 Å². The summed E-state index contributed by atoms with van der Waals surface area (Å²) in [5.74, 6) is 0.827. The predicted octanol–water partition coefficient (Wildman–Crippen LogP) is 3.07. The van der Waals surface area contributed by atoms with E-state index in [1.165, 1.54) is 0 Å². The lowest BCUT2D eigenvalue weighted by molar-refractivity contribution is 0.494. The molecule has 0 spiro atoms. The number of nitrogens with zero attached hydrogens (tertiary/aromatic N) is 1. The number of nitrogens with two attached hydrogens (primary N) is 1. The molecule has 0 fully saturated rings. The van der Waals surface area contributed by atoms with E-state index in [1.807, 2.05) is 42.5 Å². The van der Waals surface area contributed by atoms with Gasteiger partial charge in [-0.25, -0.2) is 0 Å². The minimum Gasteiger partial charge on any atom is -0.459 e. The normalized spacial score (nSPS) is 12.7. The average Bonchev–Trinajstić information content (AvgIpc) is 2.84. The molecular formula is C15H14N2O. The summed E-state index contributed by atoms with van der Waals surface area (Å²) in [5.41, 5.74) is 8.23. The Morgan fingerprint density at radius 2 is 1.89 bits per heavy atom. The van der Waals surface area contributed by atoms with Crippen LogP contribution in [0.3, 0.4) is 0 Å². The summed E-state index contributed by atoms with van der Waals surface area (Å²) in [4.78, 5) is 4.00. The van der Waals surface area contributed by atoms with Crippen molar-refractivity contribution in [3.63, 3.8) is 0 Å². The van der Waals surface area contributed by atoms with Crippen molar-refractivity contribution in [1.29, 1.82) is 0 Å². The van der Waals surface area contributed by atoms with Crippen LogP contribution in [-0.4, -0.2) is 4.98 Å². The molecule has 0 aliphatic heterocycles. The molecule has 3 rings (SSSR count). The van der Waals surface area contributed by atoms with Crippen LogP contribution in [0.5, 0.6) is 0 Å². The molecule has 0 bridgehead atoms. The summed E-state index contributed by atoms with van der Waals surface area (Å²) >= 11 is 0. The van der Waals surface area contributed by atoms with Gasteiger partial charge in [-0.3, -0.25) is 4.98 Å². The quantitative estimate of drug-likeness (QED) is 0.763. The summed E-state index contributed by atoms with van der Waals surface area (Å²) < 4.78 is 5.76. The van der Waals surface area contributed by atoms with Crippen LogP contribution in [0.15, 0.2) is 59.3 Å². The molecular weight excluding hydrogens is 224 g/mol. The highest BCUT2D eigenvalue weighted by atomic mass is 16.3. The zero-order valence-electron chi connectivity index (χ0n) is 9.91. The third kappa shape index (κ3) is 2.13. The SMILES string of the molecule is NC(Cc1ccncc1)c1cc2ccccc2o1. The Morgan fingerprint density at radius 3 is 2.67 bits per heavy atom. The van der Waals surface area contributed by atoms with Crippen LogP contribution in [0, 0.1) is 0 Å². The maximum Gasteiger partial charge on any atom is 0.134 e. The number of rotatable bonds is 3. The molecule has 0 radical (unpaired) electrons. The highest BCUT2D eigenvalue weighted by molar-refractivity contribution is 5.77. The van der Waals surface area contributed by atoms with Gasteiger partial charge in [0.1, 0.15) is 11.3 Å². The lowest BCUT2D eigenvalue weighted by Gasteiger charge is -2.07. The number of benzene rings is 1. The van der Waals surface area contributed by atoms with E-state index in [0.717, 1.165) is 28.7 Å². The van der Waals surface area contributed by atoms with Crippen LogP contribution in [-0.2, 0) is 6.42 Å². The molecule has 1 atom stereocenters. The Morgan fingerprint density at radius 1 is 1.11 bits per heavy atom. The van der Waals surface area contributed by atoms with Gasteiger partial charge in [-0.2, -0.15) is 0 Å². The van der Waals surface area contributed by atoms with Gasteiger partial charge in [0, 0.05) is 17.8 Å². The molecule has 0 saturated carbocycles. The number of hydrogen-bond acceptors (Lipinski definition) is 3. The molecule has 3 aromatic rings. The minimum absolute atomic E-state index is 0.125. The minimum atomic E-state index is -0.125. The summed E-state index contributed by atoms with van der Waals surface area (Å²) in [5, 5.41) is 1.10. The molecule has 0 amide bonds. The van der Waals surface area contributed by atoms with Crippen molar-refractivity contribution in [2.24, 2.45) is 5.73 Å². The molecule has 2 heterocycles. The number of hydrogen-bond donors (Lipinski definition) is 1. The molecule has 1 unspecified atom stereocenters. The zero-order valence-corrected chi connectivity index (χ0v) is 9.91. The molecule has 2 aromatic heterocycles. The van der Waals surface area contributed by atoms with Gasteiger partial charge in [-0.1, -0.05) is 18.2 Å². The number of pyridine rings is 1. The maximum atomic E-state index is 6.18. The lowest BCUT2D eigenvalue weighted by atomic mass is 10.1. The molecule has 0 aliphatic carbocycles. The van der Waals surface area contributed by atoms with E-state index in [1.54, 1.807) is 12.4 Å². The number of aromatic nitrogens is 1. The van der Waals surface area contributed by atoms with E-state index < -0.39 is 0 Å². The van der Waals surface area contributed by atoms with Gasteiger partial charge >= 0.3 is 0 Å². The maximum absolute atomic E-state index is 6.18. The van der Waals surface area contributed by atoms with Crippen LogP contribution >= 0.6 is 0 Å². The Bertz CT molecular complexity index is 613. The second-order valence-corrected chi connectivity index (χ2v) is 4.35. The zero-order chi connectivity index (χ0) is 12.4. The van der Waals surface area contributed by atoms with Crippen molar-refractivity contribution in [2.45, 2.75) is 12.5 Å². The average molecular weight is 238 g/mol.